The van der Waals surface area contributed by atoms with Crippen LogP contribution in [0.4, 0.5) is 0 Å². The van der Waals surface area contributed by atoms with Crippen LogP contribution in [0.15, 0.2) is 0 Å². The van der Waals surface area contributed by atoms with Crippen molar-refractivity contribution in [2.75, 3.05) is 39.5 Å². The predicted molar refractivity (Wildman–Crippen MR) is 52.9 cm³/mol. The van der Waals surface area contributed by atoms with Crippen LogP contribution in [0.25, 0.3) is 0 Å². The fourth-order valence-electron chi connectivity index (χ4n) is 1.24. The van der Waals surface area contributed by atoms with E-state index in [4.69, 9.17) is 15.3 Å². The van der Waals surface area contributed by atoms with Crippen molar-refractivity contribution in [2.45, 2.75) is 18.9 Å². The highest BCUT2D eigenvalue weighted by atomic mass is 16.3. The van der Waals surface area contributed by atoms with Crippen molar-refractivity contribution in [3.05, 3.63) is 0 Å². The number of nitrogens with zero attached hydrogens (tertiary/aromatic N) is 1. The minimum absolute atomic E-state index is 0.116. The molecule has 0 radical (unpaired) electrons. The van der Waals surface area contributed by atoms with Crippen molar-refractivity contribution in [3.63, 3.8) is 0 Å². The minimum Gasteiger partial charge on any atom is -0.396 e. The lowest BCUT2D eigenvalue weighted by atomic mass is 10.3. The van der Waals surface area contributed by atoms with Crippen molar-refractivity contribution in [3.8, 4) is 0 Å². The van der Waals surface area contributed by atoms with Crippen LogP contribution in [0.3, 0.4) is 0 Å². The molecule has 0 saturated carbocycles. The molecule has 0 aliphatic carbocycles. The van der Waals surface area contributed by atoms with Gasteiger partial charge in [-0.15, -0.1) is 0 Å². The minimum atomic E-state index is -0.743. The highest BCUT2D eigenvalue weighted by Gasteiger charge is 2.09. The van der Waals surface area contributed by atoms with Gasteiger partial charge in [-0.3, -0.25) is 0 Å². The van der Waals surface area contributed by atoms with Gasteiger partial charge in [-0.2, -0.15) is 0 Å². The summed E-state index contributed by atoms with van der Waals surface area (Å²) in [5.74, 6) is 0. The molecule has 1 atom stereocenters. The van der Waals surface area contributed by atoms with Crippen LogP contribution in [-0.4, -0.2) is 70.9 Å². The van der Waals surface area contributed by atoms with E-state index < -0.39 is 6.10 Å². The smallest absolute Gasteiger partial charge is 0.0897 e. The molecule has 0 saturated heterocycles. The molecule has 0 aliphatic rings. The molecule has 0 aromatic heterocycles. The van der Waals surface area contributed by atoms with Crippen molar-refractivity contribution in [2.24, 2.45) is 0 Å². The zero-order valence-electron chi connectivity index (χ0n) is 8.47. The average molecular weight is 207 g/mol. The number of hydrogen-bond donors (Lipinski definition) is 4. The summed E-state index contributed by atoms with van der Waals surface area (Å²) in [7, 11) is 0. The maximum Gasteiger partial charge on any atom is 0.0897 e. The van der Waals surface area contributed by atoms with Crippen LogP contribution in [0.1, 0.15) is 12.8 Å². The number of aliphatic hydroxyl groups excluding tert-OH is 4. The predicted octanol–water partition coefficient (Wildman–Crippen LogP) is -1.59. The van der Waals surface area contributed by atoms with Gasteiger partial charge in [0.25, 0.3) is 0 Å². The van der Waals surface area contributed by atoms with Crippen molar-refractivity contribution in [1.82, 2.24) is 4.90 Å². The second-order valence-corrected chi connectivity index (χ2v) is 3.29. The fraction of sp³-hybridized carbons (Fsp3) is 1.00. The molecule has 4 N–H and O–H groups in total. The van der Waals surface area contributed by atoms with E-state index in [9.17, 15) is 5.11 Å². The lowest BCUT2D eigenvalue weighted by molar-refractivity contribution is 0.0551. The van der Waals surface area contributed by atoms with E-state index in [1.165, 1.54) is 0 Å². The van der Waals surface area contributed by atoms with Crippen molar-refractivity contribution in [1.29, 1.82) is 0 Å². The standard InChI is InChI=1S/C9H21NO4/c11-5-1-3-10(4-2-6-12)7-9(14)8-13/h9,11-14H,1-8H2. The van der Waals surface area contributed by atoms with Crippen LogP contribution in [0.2, 0.25) is 0 Å². The lowest BCUT2D eigenvalue weighted by Crippen LogP contribution is -2.36. The molecular weight excluding hydrogens is 186 g/mol. The van der Waals surface area contributed by atoms with Crippen LogP contribution >= 0.6 is 0 Å². The van der Waals surface area contributed by atoms with Crippen LogP contribution in [0.5, 0.6) is 0 Å². The third-order valence-electron chi connectivity index (χ3n) is 1.94. The molecule has 0 aromatic carbocycles. The zero-order chi connectivity index (χ0) is 10.8. The molecule has 0 rings (SSSR count). The molecule has 0 aromatic rings. The van der Waals surface area contributed by atoms with E-state index in [0.29, 0.717) is 32.5 Å². The van der Waals surface area contributed by atoms with Crippen LogP contribution in [-0.2, 0) is 0 Å². The Hall–Kier alpha value is -0.200. The highest BCUT2D eigenvalue weighted by molar-refractivity contribution is 4.63. The molecule has 0 amide bonds. The Morgan fingerprint density at radius 1 is 0.929 bits per heavy atom. The Labute approximate surface area is 84.6 Å². The second-order valence-electron chi connectivity index (χ2n) is 3.29. The van der Waals surface area contributed by atoms with Crippen molar-refractivity contribution >= 4 is 0 Å². The first kappa shape index (κ1) is 13.8. The Balaban J connectivity index is 3.71. The molecule has 0 spiro atoms. The fourth-order valence-corrected chi connectivity index (χ4v) is 1.24. The van der Waals surface area contributed by atoms with E-state index >= 15 is 0 Å². The molecule has 5 heteroatoms. The van der Waals surface area contributed by atoms with Crippen LogP contribution in [0, 0.1) is 0 Å². The summed E-state index contributed by atoms with van der Waals surface area (Å²) in [5.41, 5.74) is 0. The van der Waals surface area contributed by atoms with E-state index in [2.05, 4.69) is 0 Å². The molecular formula is C9H21NO4. The maximum atomic E-state index is 9.21. The molecule has 86 valence electrons. The summed E-state index contributed by atoms with van der Waals surface area (Å²) in [6.45, 7) is 1.71. The van der Waals surface area contributed by atoms with Gasteiger partial charge < -0.3 is 25.3 Å². The van der Waals surface area contributed by atoms with Gasteiger partial charge in [0.05, 0.1) is 12.7 Å². The maximum absolute atomic E-state index is 9.21. The molecule has 0 fully saturated rings. The lowest BCUT2D eigenvalue weighted by Gasteiger charge is -2.23. The zero-order valence-corrected chi connectivity index (χ0v) is 8.47. The Kier molecular flexibility index (Phi) is 9.23. The topological polar surface area (TPSA) is 84.2 Å². The van der Waals surface area contributed by atoms with Gasteiger partial charge in [0.2, 0.25) is 0 Å². The second kappa shape index (κ2) is 9.36. The Morgan fingerprint density at radius 3 is 1.79 bits per heavy atom. The summed E-state index contributed by atoms with van der Waals surface area (Å²) in [5, 5.41) is 35.2. The normalized spacial score (nSPS) is 13.5. The molecule has 1 unspecified atom stereocenters. The molecule has 5 nitrogen and oxygen atoms in total. The van der Waals surface area contributed by atoms with Gasteiger partial charge in [-0.25, -0.2) is 0 Å². The van der Waals surface area contributed by atoms with Gasteiger partial charge in [0, 0.05) is 32.8 Å². The van der Waals surface area contributed by atoms with Gasteiger partial charge >= 0.3 is 0 Å². The monoisotopic (exact) mass is 207 g/mol. The number of rotatable bonds is 9. The third kappa shape index (κ3) is 7.23. The highest BCUT2D eigenvalue weighted by Crippen LogP contribution is 1.96. The molecule has 0 aliphatic heterocycles. The average Bonchev–Trinajstić information content (AvgIpc) is 2.21. The summed E-state index contributed by atoms with van der Waals surface area (Å²) in [6.07, 6.45) is 0.542. The first-order chi connectivity index (χ1) is 6.74. The SMILES string of the molecule is OCCCN(CCCO)CC(O)CO. The van der Waals surface area contributed by atoms with Gasteiger partial charge in [0.1, 0.15) is 0 Å². The third-order valence-corrected chi connectivity index (χ3v) is 1.94. The van der Waals surface area contributed by atoms with E-state index in [0.717, 1.165) is 0 Å². The van der Waals surface area contributed by atoms with E-state index in [1.54, 1.807) is 0 Å². The molecule has 0 heterocycles. The van der Waals surface area contributed by atoms with Gasteiger partial charge in [-0.1, -0.05) is 0 Å². The van der Waals surface area contributed by atoms with E-state index in [1.807, 2.05) is 4.90 Å². The quantitative estimate of drug-likeness (QED) is 0.366. The Bertz CT molecular complexity index is 115. The molecule has 14 heavy (non-hydrogen) atoms. The van der Waals surface area contributed by atoms with Gasteiger partial charge in [0.15, 0.2) is 0 Å². The first-order valence-corrected chi connectivity index (χ1v) is 4.97. The first-order valence-electron chi connectivity index (χ1n) is 4.97. The summed E-state index contributed by atoms with van der Waals surface area (Å²) in [6, 6.07) is 0. The summed E-state index contributed by atoms with van der Waals surface area (Å²) >= 11 is 0. The number of hydrogen-bond acceptors (Lipinski definition) is 5. The largest absolute Gasteiger partial charge is 0.396 e. The Morgan fingerprint density at radius 2 is 1.43 bits per heavy atom. The van der Waals surface area contributed by atoms with Crippen molar-refractivity contribution < 1.29 is 20.4 Å². The van der Waals surface area contributed by atoms with Crippen LogP contribution < -0.4 is 0 Å². The van der Waals surface area contributed by atoms with E-state index in [-0.39, 0.29) is 19.8 Å². The number of aliphatic hydroxyl groups is 4. The summed E-state index contributed by atoms with van der Waals surface area (Å²) < 4.78 is 0. The molecule has 0 bridgehead atoms. The summed E-state index contributed by atoms with van der Waals surface area (Å²) in [4.78, 5) is 1.92. The van der Waals surface area contributed by atoms with Gasteiger partial charge in [-0.05, 0) is 12.8 Å².